The predicted molar refractivity (Wildman–Crippen MR) is 70.4 cm³/mol. The lowest BCUT2D eigenvalue weighted by atomic mass is 10.4. The SMILES string of the molecule is COCCN(c1nc(C(=O)OC)c(C)s1)C1CC1. The van der Waals surface area contributed by atoms with Crippen LogP contribution in [0.5, 0.6) is 0 Å². The van der Waals surface area contributed by atoms with Crippen LogP contribution in [-0.2, 0) is 9.47 Å². The summed E-state index contributed by atoms with van der Waals surface area (Å²) in [6.07, 6.45) is 2.38. The number of anilines is 1. The second-order valence-corrected chi connectivity index (χ2v) is 5.49. The van der Waals surface area contributed by atoms with E-state index in [1.165, 1.54) is 20.0 Å². The fourth-order valence-corrected chi connectivity index (χ4v) is 2.80. The first-order chi connectivity index (χ1) is 8.67. The van der Waals surface area contributed by atoms with Gasteiger partial charge in [0.1, 0.15) is 0 Å². The van der Waals surface area contributed by atoms with E-state index in [9.17, 15) is 4.79 Å². The van der Waals surface area contributed by atoms with Gasteiger partial charge < -0.3 is 14.4 Å². The molecule has 6 heteroatoms. The summed E-state index contributed by atoms with van der Waals surface area (Å²) < 4.78 is 9.85. The Hall–Kier alpha value is -1.14. The Morgan fingerprint density at radius 2 is 2.22 bits per heavy atom. The van der Waals surface area contributed by atoms with E-state index < -0.39 is 0 Å². The first-order valence-corrected chi connectivity index (χ1v) is 6.80. The summed E-state index contributed by atoms with van der Waals surface area (Å²) in [5, 5.41) is 0.896. The third-order valence-electron chi connectivity index (χ3n) is 2.93. The number of carbonyl (C=O) groups excluding carboxylic acids is 1. The molecule has 18 heavy (non-hydrogen) atoms. The molecule has 1 aromatic rings. The molecule has 0 atom stereocenters. The summed E-state index contributed by atoms with van der Waals surface area (Å²) in [5.41, 5.74) is 0.431. The highest BCUT2D eigenvalue weighted by molar-refractivity contribution is 7.15. The Bertz CT molecular complexity index is 429. The lowest BCUT2D eigenvalue weighted by Gasteiger charge is -2.20. The third kappa shape index (κ3) is 2.81. The zero-order valence-electron chi connectivity index (χ0n) is 10.9. The monoisotopic (exact) mass is 270 g/mol. The van der Waals surface area contributed by atoms with Gasteiger partial charge in [0, 0.05) is 24.6 Å². The maximum atomic E-state index is 11.5. The van der Waals surface area contributed by atoms with Crippen LogP contribution < -0.4 is 4.90 Å². The Morgan fingerprint density at radius 1 is 1.50 bits per heavy atom. The minimum atomic E-state index is -0.363. The van der Waals surface area contributed by atoms with E-state index in [-0.39, 0.29) is 5.97 Å². The smallest absolute Gasteiger partial charge is 0.357 e. The second kappa shape index (κ2) is 5.67. The minimum Gasteiger partial charge on any atom is -0.464 e. The Balaban J connectivity index is 2.17. The summed E-state index contributed by atoms with van der Waals surface area (Å²) in [5.74, 6) is -0.363. The standard InChI is InChI=1S/C12H18N2O3S/c1-8-10(11(15)17-3)13-12(18-8)14(6-7-16-2)9-4-5-9/h9H,4-7H2,1-3H3. The molecule has 5 nitrogen and oxygen atoms in total. The van der Waals surface area contributed by atoms with Crippen LogP contribution in [0, 0.1) is 6.92 Å². The predicted octanol–water partition coefficient (Wildman–Crippen LogP) is 1.85. The van der Waals surface area contributed by atoms with Crippen LogP contribution in [0.4, 0.5) is 5.13 Å². The van der Waals surface area contributed by atoms with Crippen molar-refractivity contribution in [3.8, 4) is 0 Å². The third-order valence-corrected chi connectivity index (χ3v) is 3.94. The van der Waals surface area contributed by atoms with Crippen molar-refractivity contribution in [3.63, 3.8) is 0 Å². The highest BCUT2D eigenvalue weighted by Gasteiger charge is 2.31. The van der Waals surface area contributed by atoms with Crippen LogP contribution in [-0.4, -0.2) is 44.4 Å². The van der Waals surface area contributed by atoms with Gasteiger partial charge in [-0.25, -0.2) is 9.78 Å². The number of aryl methyl sites for hydroxylation is 1. The van der Waals surface area contributed by atoms with Gasteiger partial charge in [-0.1, -0.05) is 0 Å². The molecule has 1 aromatic heterocycles. The Morgan fingerprint density at radius 3 is 2.78 bits per heavy atom. The number of methoxy groups -OCH3 is 2. The molecule has 100 valence electrons. The fourth-order valence-electron chi connectivity index (χ4n) is 1.80. The second-order valence-electron chi connectivity index (χ2n) is 4.31. The van der Waals surface area contributed by atoms with Crippen LogP contribution >= 0.6 is 11.3 Å². The fraction of sp³-hybridized carbons (Fsp3) is 0.667. The highest BCUT2D eigenvalue weighted by Crippen LogP contribution is 2.35. The van der Waals surface area contributed by atoms with Gasteiger partial charge >= 0.3 is 5.97 Å². The summed E-state index contributed by atoms with van der Waals surface area (Å²) in [6, 6.07) is 0.552. The van der Waals surface area contributed by atoms with Gasteiger partial charge in [-0.2, -0.15) is 0 Å². The largest absolute Gasteiger partial charge is 0.464 e. The molecule has 0 spiro atoms. The van der Waals surface area contributed by atoms with Gasteiger partial charge in [0.2, 0.25) is 0 Å². The van der Waals surface area contributed by atoms with Crippen molar-refractivity contribution in [2.45, 2.75) is 25.8 Å². The van der Waals surface area contributed by atoms with E-state index in [0.29, 0.717) is 18.3 Å². The van der Waals surface area contributed by atoms with Crippen molar-refractivity contribution >= 4 is 22.4 Å². The molecular weight excluding hydrogens is 252 g/mol. The average molecular weight is 270 g/mol. The Labute approximate surface area is 111 Å². The number of carbonyl (C=O) groups is 1. The molecule has 0 N–H and O–H groups in total. The molecule has 1 aliphatic carbocycles. The maximum Gasteiger partial charge on any atom is 0.357 e. The first-order valence-electron chi connectivity index (χ1n) is 5.98. The normalized spacial score (nSPS) is 14.6. The molecular formula is C12H18N2O3S. The number of hydrogen-bond donors (Lipinski definition) is 0. The lowest BCUT2D eigenvalue weighted by Crippen LogP contribution is -2.29. The van der Waals surface area contributed by atoms with Crippen LogP contribution in [0.3, 0.4) is 0 Å². The molecule has 0 aliphatic heterocycles. The van der Waals surface area contributed by atoms with Crippen molar-refractivity contribution in [1.29, 1.82) is 0 Å². The van der Waals surface area contributed by atoms with Crippen molar-refractivity contribution in [2.24, 2.45) is 0 Å². The lowest BCUT2D eigenvalue weighted by molar-refractivity contribution is 0.0594. The summed E-state index contributed by atoms with van der Waals surface area (Å²) in [4.78, 5) is 19.1. The molecule has 0 amide bonds. The highest BCUT2D eigenvalue weighted by atomic mass is 32.1. The summed E-state index contributed by atoms with van der Waals surface area (Å²) in [7, 11) is 3.07. The molecule has 1 aliphatic rings. The van der Waals surface area contributed by atoms with E-state index in [1.807, 2.05) is 6.92 Å². The molecule has 0 unspecified atom stereocenters. The molecule has 1 saturated carbocycles. The van der Waals surface area contributed by atoms with Gasteiger partial charge in [0.05, 0.1) is 13.7 Å². The van der Waals surface area contributed by atoms with Crippen LogP contribution in [0.2, 0.25) is 0 Å². The Kier molecular flexibility index (Phi) is 4.19. The van der Waals surface area contributed by atoms with Crippen LogP contribution in [0.25, 0.3) is 0 Å². The zero-order chi connectivity index (χ0) is 13.1. The molecule has 0 radical (unpaired) electrons. The van der Waals surface area contributed by atoms with E-state index >= 15 is 0 Å². The van der Waals surface area contributed by atoms with Crippen molar-refractivity contribution in [2.75, 3.05) is 32.3 Å². The van der Waals surface area contributed by atoms with E-state index in [2.05, 4.69) is 9.88 Å². The zero-order valence-corrected chi connectivity index (χ0v) is 11.7. The van der Waals surface area contributed by atoms with E-state index in [1.54, 1.807) is 18.4 Å². The minimum absolute atomic E-state index is 0.363. The number of ether oxygens (including phenoxy) is 2. The number of aromatic nitrogens is 1. The topological polar surface area (TPSA) is 51.7 Å². The van der Waals surface area contributed by atoms with E-state index in [4.69, 9.17) is 9.47 Å². The number of esters is 1. The number of rotatable bonds is 6. The number of nitrogens with zero attached hydrogens (tertiary/aromatic N) is 2. The molecule has 0 aromatic carbocycles. The van der Waals surface area contributed by atoms with Crippen LogP contribution in [0.1, 0.15) is 28.2 Å². The van der Waals surface area contributed by atoms with Crippen molar-refractivity contribution in [3.05, 3.63) is 10.6 Å². The van der Waals surface area contributed by atoms with Gasteiger partial charge in [-0.3, -0.25) is 0 Å². The molecule has 1 fully saturated rings. The number of thiazole rings is 1. The number of hydrogen-bond acceptors (Lipinski definition) is 6. The van der Waals surface area contributed by atoms with Crippen LogP contribution in [0.15, 0.2) is 0 Å². The molecule has 2 rings (SSSR count). The van der Waals surface area contributed by atoms with Gasteiger partial charge in [-0.15, -0.1) is 11.3 Å². The first kappa shape index (κ1) is 13.3. The summed E-state index contributed by atoms with van der Waals surface area (Å²) in [6.45, 7) is 3.38. The average Bonchev–Trinajstić information content (AvgIpc) is 3.12. The maximum absolute atomic E-state index is 11.5. The van der Waals surface area contributed by atoms with E-state index in [0.717, 1.165) is 16.6 Å². The summed E-state index contributed by atoms with van der Waals surface area (Å²) >= 11 is 1.54. The van der Waals surface area contributed by atoms with Gasteiger partial charge in [0.15, 0.2) is 10.8 Å². The molecule has 0 saturated heterocycles. The van der Waals surface area contributed by atoms with Gasteiger partial charge in [0.25, 0.3) is 0 Å². The van der Waals surface area contributed by atoms with Crippen molar-refractivity contribution in [1.82, 2.24) is 4.98 Å². The quantitative estimate of drug-likeness (QED) is 0.738. The van der Waals surface area contributed by atoms with Crippen molar-refractivity contribution < 1.29 is 14.3 Å². The molecule has 1 heterocycles. The van der Waals surface area contributed by atoms with Gasteiger partial charge in [-0.05, 0) is 19.8 Å². The molecule has 0 bridgehead atoms.